The normalized spacial score (nSPS) is 12.3. The van der Waals surface area contributed by atoms with Crippen molar-refractivity contribution in [2.24, 2.45) is 0 Å². The SMILES string of the molecule is Cc1cc(C)cc(NS(=O)(=O)c2c(C(C)C)cc(C(C)C)cc2C(C)C)c1. The lowest BCUT2D eigenvalue weighted by molar-refractivity contribution is 0.595. The van der Waals surface area contributed by atoms with E-state index in [1.807, 2.05) is 32.0 Å². The van der Waals surface area contributed by atoms with E-state index in [1.54, 1.807) is 0 Å². The summed E-state index contributed by atoms with van der Waals surface area (Å²) in [6, 6.07) is 9.91. The average molecular weight is 388 g/mol. The van der Waals surface area contributed by atoms with Crippen LogP contribution in [-0.2, 0) is 10.0 Å². The van der Waals surface area contributed by atoms with E-state index in [4.69, 9.17) is 0 Å². The first kappa shape index (κ1) is 21.5. The van der Waals surface area contributed by atoms with Crippen molar-refractivity contribution in [3.63, 3.8) is 0 Å². The van der Waals surface area contributed by atoms with E-state index in [9.17, 15) is 8.42 Å². The Kier molecular flexibility index (Phi) is 6.41. The topological polar surface area (TPSA) is 46.2 Å². The summed E-state index contributed by atoms with van der Waals surface area (Å²) in [5, 5.41) is 0. The molecule has 1 N–H and O–H groups in total. The number of sulfonamides is 1. The van der Waals surface area contributed by atoms with Crippen molar-refractivity contribution in [3.8, 4) is 0 Å². The molecule has 0 aliphatic heterocycles. The summed E-state index contributed by atoms with van der Waals surface area (Å²) in [6.07, 6.45) is 0. The van der Waals surface area contributed by atoms with Crippen LogP contribution in [0.5, 0.6) is 0 Å². The molecule has 4 heteroatoms. The molecule has 0 amide bonds. The molecule has 0 atom stereocenters. The second kappa shape index (κ2) is 8.05. The van der Waals surface area contributed by atoms with E-state index in [1.165, 1.54) is 5.56 Å². The summed E-state index contributed by atoms with van der Waals surface area (Å²) in [6.45, 7) is 16.5. The minimum atomic E-state index is -3.69. The van der Waals surface area contributed by atoms with Crippen LogP contribution in [0.2, 0.25) is 0 Å². The van der Waals surface area contributed by atoms with Crippen molar-refractivity contribution >= 4 is 15.7 Å². The summed E-state index contributed by atoms with van der Waals surface area (Å²) in [5.41, 5.74) is 5.66. The summed E-state index contributed by atoms with van der Waals surface area (Å²) in [5.74, 6) is 0.586. The molecule has 27 heavy (non-hydrogen) atoms. The Labute approximate surface area is 165 Å². The molecule has 0 heterocycles. The van der Waals surface area contributed by atoms with Crippen molar-refractivity contribution in [1.29, 1.82) is 0 Å². The fraction of sp³-hybridized carbons (Fsp3) is 0.478. The smallest absolute Gasteiger partial charge is 0.262 e. The fourth-order valence-corrected chi connectivity index (χ4v) is 5.18. The predicted octanol–water partition coefficient (Wildman–Crippen LogP) is 6.47. The van der Waals surface area contributed by atoms with Crippen molar-refractivity contribution in [2.45, 2.75) is 78.0 Å². The Morgan fingerprint density at radius 3 is 1.52 bits per heavy atom. The second-order valence-electron chi connectivity index (χ2n) is 8.47. The highest BCUT2D eigenvalue weighted by atomic mass is 32.2. The molecule has 0 saturated heterocycles. The average Bonchev–Trinajstić information content (AvgIpc) is 2.51. The van der Waals surface area contributed by atoms with Gasteiger partial charge in [-0.3, -0.25) is 4.72 Å². The zero-order valence-electron chi connectivity index (χ0n) is 17.8. The lowest BCUT2D eigenvalue weighted by Gasteiger charge is -2.23. The molecule has 0 saturated carbocycles. The Balaban J connectivity index is 2.70. The molecule has 0 fully saturated rings. The van der Waals surface area contributed by atoms with Gasteiger partial charge in [-0.2, -0.15) is 0 Å². The van der Waals surface area contributed by atoms with Gasteiger partial charge in [0.25, 0.3) is 10.0 Å². The predicted molar refractivity (Wildman–Crippen MR) is 115 cm³/mol. The van der Waals surface area contributed by atoms with Crippen LogP contribution in [0.4, 0.5) is 5.69 Å². The molecule has 148 valence electrons. The van der Waals surface area contributed by atoms with Gasteiger partial charge in [0.15, 0.2) is 0 Å². The van der Waals surface area contributed by atoms with E-state index in [0.717, 1.165) is 22.3 Å². The van der Waals surface area contributed by atoms with Gasteiger partial charge in [-0.15, -0.1) is 0 Å². The number of nitrogens with one attached hydrogen (secondary N) is 1. The third-order valence-electron chi connectivity index (χ3n) is 4.82. The van der Waals surface area contributed by atoms with Gasteiger partial charge in [0.05, 0.1) is 4.90 Å². The molecule has 0 aliphatic carbocycles. The van der Waals surface area contributed by atoms with Gasteiger partial charge in [0.2, 0.25) is 0 Å². The van der Waals surface area contributed by atoms with Crippen LogP contribution in [0.3, 0.4) is 0 Å². The third kappa shape index (κ3) is 4.92. The molecule has 2 aromatic rings. The molecule has 3 nitrogen and oxygen atoms in total. The van der Waals surface area contributed by atoms with E-state index < -0.39 is 10.0 Å². The quantitative estimate of drug-likeness (QED) is 0.617. The van der Waals surface area contributed by atoms with Crippen LogP contribution >= 0.6 is 0 Å². The Hall–Kier alpha value is -1.81. The van der Waals surface area contributed by atoms with Gasteiger partial charge < -0.3 is 0 Å². The van der Waals surface area contributed by atoms with Crippen molar-refractivity contribution in [3.05, 3.63) is 58.1 Å². The summed E-state index contributed by atoms with van der Waals surface area (Å²) < 4.78 is 29.7. The van der Waals surface area contributed by atoms with E-state index in [2.05, 4.69) is 58.4 Å². The molecule has 0 spiro atoms. The fourth-order valence-electron chi connectivity index (χ4n) is 3.44. The second-order valence-corrected chi connectivity index (χ2v) is 10.1. The highest BCUT2D eigenvalue weighted by Crippen LogP contribution is 2.36. The van der Waals surface area contributed by atoms with Gasteiger partial charge in [-0.1, -0.05) is 59.7 Å². The van der Waals surface area contributed by atoms with Crippen LogP contribution in [0.15, 0.2) is 35.2 Å². The monoisotopic (exact) mass is 387 g/mol. The van der Waals surface area contributed by atoms with Crippen molar-refractivity contribution < 1.29 is 8.42 Å². The molecule has 2 rings (SSSR count). The van der Waals surface area contributed by atoms with Crippen molar-refractivity contribution in [1.82, 2.24) is 0 Å². The molecule has 0 aromatic heterocycles. The first-order chi connectivity index (χ1) is 12.4. The highest BCUT2D eigenvalue weighted by molar-refractivity contribution is 7.92. The molecular weight excluding hydrogens is 354 g/mol. The maximum Gasteiger partial charge on any atom is 0.262 e. The Morgan fingerprint density at radius 2 is 1.15 bits per heavy atom. The van der Waals surface area contributed by atoms with Gasteiger partial charge in [-0.25, -0.2) is 8.42 Å². The van der Waals surface area contributed by atoms with Crippen LogP contribution in [0, 0.1) is 13.8 Å². The number of anilines is 1. The molecule has 2 aromatic carbocycles. The largest absolute Gasteiger partial charge is 0.280 e. The first-order valence-electron chi connectivity index (χ1n) is 9.71. The molecular formula is C23H33NO2S. The number of aryl methyl sites for hydroxylation is 2. The Morgan fingerprint density at radius 1 is 0.704 bits per heavy atom. The third-order valence-corrected chi connectivity index (χ3v) is 6.34. The highest BCUT2D eigenvalue weighted by Gasteiger charge is 2.27. The number of rotatable bonds is 6. The summed E-state index contributed by atoms with van der Waals surface area (Å²) in [7, 11) is -3.69. The molecule has 0 radical (unpaired) electrons. The van der Waals surface area contributed by atoms with E-state index >= 15 is 0 Å². The summed E-state index contributed by atoms with van der Waals surface area (Å²) in [4.78, 5) is 0.441. The van der Waals surface area contributed by atoms with Crippen LogP contribution in [-0.4, -0.2) is 8.42 Å². The van der Waals surface area contributed by atoms with Gasteiger partial charge >= 0.3 is 0 Å². The van der Waals surface area contributed by atoms with Gasteiger partial charge in [-0.05, 0) is 71.6 Å². The minimum Gasteiger partial charge on any atom is -0.280 e. The zero-order valence-corrected chi connectivity index (χ0v) is 18.7. The van der Waals surface area contributed by atoms with Gasteiger partial charge in [0.1, 0.15) is 0 Å². The van der Waals surface area contributed by atoms with Crippen LogP contribution < -0.4 is 4.72 Å². The molecule has 0 bridgehead atoms. The molecule has 0 unspecified atom stereocenters. The number of benzene rings is 2. The summed E-state index contributed by atoms with van der Waals surface area (Å²) >= 11 is 0. The molecule has 0 aliphatic rings. The maximum absolute atomic E-state index is 13.4. The Bertz CT molecular complexity index is 876. The number of hydrogen-bond donors (Lipinski definition) is 1. The zero-order chi connectivity index (χ0) is 20.5. The van der Waals surface area contributed by atoms with E-state index in [-0.39, 0.29) is 11.8 Å². The minimum absolute atomic E-state index is 0.118. The first-order valence-corrected chi connectivity index (χ1v) is 11.2. The maximum atomic E-state index is 13.4. The number of hydrogen-bond acceptors (Lipinski definition) is 2. The van der Waals surface area contributed by atoms with Crippen molar-refractivity contribution in [2.75, 3.05) is 4.72 Å². The van der Waals surface area contributed by atoms with Crippen LogP contribution in [0.1, 0.15) is 87.1 Å². The van der Waals surface area contributed by atoms with Gasteiger partial charge in [0, 0.05) is 5.69 Å². The van der Waals surface area contributed by atoms with E-state index in [0.29, 0.717) is 16.5 Å². The lowest BCUT2D eigenvalue weighted by Crippen LogP contribution is -2.19. The lowest BCUT2D eigenvalue weighted by atomic mass is 9.89. The standard InChI is InChI=1S/C23H33NO2S/c1-14(2)19-12-21(15(3)4)23(22(13-19)16(5)6)27(25,26)24-20-10-17(7)9-18(8)11-20/h9-16,24H,1-8H3. The van der Waals surface area contributed by atoms with Crippen LogP contribution in [0.25, 0.3) is 0 Å².